The van der Waals surface area contributed by atoms with E-state index < -0.39 is 12.1 Å². The number of amides is 1. The van der Waals surface area contributed by atoms with E-state index in [2.05, 4.69) is 36.3 Å². The smallest absolute Gasteiger partial charge is 0.475 e. The number of nitrogens with zero attached hydrogens (tertiary/aromatic N) is 2. The monoisotopic (exact) mass is 384 g/mol. The number of carboxylic acids is 1. The molecule has 0 aromatic rings. The zero-order chi connectivity index (χ0) is 19.6. The van der Waals surface area contributed by atoms with Crippen molar-refractivity contribution in [2.45, 2.75) is 23.9 Å². The first-order valence-corrected chi connectivity index (χ1v) is 7.84. The number of thiol groups is 1. The summed E-state index contributed by atoms with van der Waals surface area (Å²) in [6.45, 7) is 5.28. The lowest BCUT2D eigenvalue weighted by molar-refractivity contribution is -0.192. The van der Waals surface area contributed by atoms with Gasteiger partial charge in [0.05, 0.1) is 6.04 Å². The Hall–Kier alpha value is -1.68. The number of carbonyl (C=O) groups is 2. The first kappa shape index (κ1) is 23.3. The van der Waals surface area contributed by atoms with E-state index in [-0.39, 0.29) is 24.0 Å². The molecule has 1 saturated heterocycles. The molecule has 6 nitrogen and oxygen atoms in total. The summed E-state index contributed by atoms with van der Waals surface area (Å²) in [5, 5.41) is 7.34. The van der Waals surface area contributed by atoms with Crippen LogP contribution in [0.4, 0.5) is 18.0 Å². The third kappa shape index (κ3) is 10.0. The van der Waals surface area contributed by atoms with Crippen LogP contribution < -0.4 is 0 Å². The van der Waals surface area contributed by atoms with Crippen LogP contribution in [-0.4, -0.2) is 78.2 Å². The maximum Gasteiger partial charge on any atom is 0.490 e. The van der Waals surface area contributed by atoms with E-state index in [0.29, 0.717) is 6.54 Å². The summed E-state index contributed by atoms with van der Waals surface area (Å²) in [6.07, 6.45) is 1.21. The molecule has 0 aliphatic carbocycles. The van der Waals surface area contributed by atoms with Gasteiger partial charge in [0, 0.05) is 18.3 Å². The van der Waals surface area contributed by atoms with Gasteiger partial charge in [-0.1, -0.05) is 24.8 Å². The summed E-state index contributed by atoms with van der Waals surface area (Å²) in [4.78, 5) is 24.5. The van der Waals surface area contributed by atoms with Gasteiger partial charge in [-0.15, -0.1) is 0 Å². The molecule has 0 unspecified atom stereocenters. The Morgan fingerprint density at radius 2 is 2.00 bits per heavy atom. The molecule has 1 rings (SSSR count). The number of likely N-dealkylation sites (tertiary alicyclic amines) is 1. The molecule has 0 aromatic heterocycles. The van der Waals surface area contributed by atoms with E-state index in [0.717, 1.165) is 13.0 Å². The number of carboxylic acid groups (broad SMARTS) is 1. The van der Waals surface area contributed by atoms with Crippen LogP contribution in [0.1, 0.15) is 6.42 Å². The highest BCUT2D eigenvalue weighted by atomic mass is 32.1. The van der Waals surface area contributed by atoms with Crippen LogP contribution in [0, 0.1) is 0 Å². The fourth-order valence-corrected chi connectivity index (χ4v) is 2.27. The number of hydrogen-bond donors (Lipinski definition) is 2. The Morgan fingerprint density at radius 1 is 1.44 bits per heavy atom. The van der Waals surface area contributed by atoms with Gasteiger partial charge in [0.2, 0.25) is 0 Å². The average molecular weight is 384 g/mol. The van der Waals surface area contributed by atoms with Gasteiger partial charge in [0.25, 0.3) is 0 Å². The summed E-state index contributed by atoms with van der Waals surface area (Å²) in [5.74, 6) is -2.76. The molecule has 0 radical (unpaired) electrons. The van der Waals surface area contributed by atoms with Crippen LogP contribution in [-0.2, 0) is 9.53 Å². The van der Waals surface area contributed by atoms with Crippen molar-refractivity contribution >= 4 is 24.7 Å². The number of alkyl halides is 3. The molecular weight excluding hydrogens is 361 g/mol. The summed E-state index contributed by atoms with van der Waals surface area (Å²) in [7, 11) is 4.02. The predicted molar refractivity (Wildman–Crippen MR) is 90.8 cm³/mol. The van der Waals surface area contributed by atoms with Gasteiger partial charge in [-0.3, -0.25) is 0 Å². The molecule has 0 spiro atoms. The number of hydrogen-bond acceptors (Lipinski definition) is 5. The second-order valence-corrected chi connectivity index (χ2v) is 6.20. The minimum Gasteiger partial charge on any atom is -0.475 e. The van der Waals surface area contributed by atoms with E-state index in [1.54, 1.807) is 11.0 Å². The normalized spacial score (nSPS) is 20.4. The molecule has 1 aliphatic rings. The quantitative estimate of drug-likeness (QED) is 0.563. The lowest BCUT2D eigenvalue weighted by atomic mass is 10.2. The highest BCUT2D eigenvalue weighted by Gasteiger charge is 2.38. The van der Waals surface area contributed by atoms with Crippen molar-refractivity contribution < 1.29 is 32.6 Å². The van der Waals surface area contributed by atoms with Gasteiger partial charge >= 0.3 is 18.2 Å². The third-order valence-electron chi connectivity index (χ3n) is 2.95. The number of halogens is 3. The van der Waals surface area contributed by atoms with Gasteiger partial charge in [-0.05, 0) is 20.5 Å². The SMILES string of the molecule is C=CCOC(=O)N1C[C@@H](S)C[C@H]1/C=C\CN(C)C.O=C(O)C(F)(F)F. The second kappa shape index (κ2) is 11.0. The third-order valence-corrected chi connectivity index (χ3v) is 3.33. The first-order valence-electron chi connectivity index (χ1n) is 7.32. The Bertz CT molecular complexity index is 484. The van der Waals surface area contributed by atoms with E-state index in [1.165, 1.54) is 0 Å². The van der Waals surface area contributed by atoms with E-state index in [1.807, 2.05) is 14.1 Å². The summed E-state index contributed by atoms with van der Waals surface area (Å²) < 4.78 is 36.8. The molecule has 1 fully saturated rings. The fraction of sp³-hybridized carbons (Fsp3) is 0.600. The fourth-order valence-electron chi connectivity index (χ4n) is 1.88. The molecule has 25 heavy (non-hydrogen) atoms. The minimum absolute atomic E-state index is 0.0877. The zero-order valence-electron chi connectivity index (χ0n) is 14.1. The average Bonchev–Trinajstić information content (AvgIpc) is 2.85. The number of carbonyl (C=O) groups excluding carboxylic acids is 1. The number of rotatable bonds is 5. The largest absolute Gasteiger partial charge is 0.490 e. The Morgan fingerprint density at radius 3 is 2.44 bits per heavy atom. The highest BCUT2D eigenvalue weighted by Crippen LogP contribution is 2.23. The highest BCUT2D eigenvalue weighted by molar-refractivity contribution is 7.81. The molecular formula is C15H23F3N2O4S. The molecule has 1 amide bonds. The van der Waals surface area contributed by atoms with Gasteiger partial charge in [0.1, 0.15) is 6.61 Å². The van der Waals surface area contributed by atoms with Gasteiger partial charge < -0.3 is 19.6 Å². The van der Waals surface area contributed by atoms with Crippen molar-refractivity contribution in [1.82, 2.24) is 9.80 Å². The van der Waals surface area contributed by atoms with Crippen LogP contribution in [0.5, 0.6) is 0 Å². The Labute approximate surface area is 150 Å². The molecule has 0 saturated carbocycles. The topological polar surface area (TPSA) is 70.1 Å². The van der Waals surface area contributed by atoms with E-state index in [9.17, 15) is 18.0 Å². The lowest BCUT2D eigenvalue weighted by Crippen LogP contribution is -2.35. The van der Waals surface area contributed by atoms with Crippen LogP contribution in [0.15, 0.2) is 24.8 Å². The molecule has 1 N–H and O–H groups in total. The summed E-state index contributed by atoms with van der Waals surface area (Å²) >= 11 is 4.45. The van der Waals surface area contributed by atoms with Crippen molar-refractivity contribution in [3.05, 3.63) is 24.8 Å². The van der Waals surface area contributed by atoms with Crippen molar-refractivity contribution in [1.29, 1.82) is 0 Å². The van der Waals surface area contributed by atoms with Crippen molar-refractivity contribution in [3.63, 3.8) is 0 Å². The lowest BCUT2D eigenvalue weighted by Gasteiger charge is -2.21. The standard InChI is InChI=1S/C13H22N2O2S.C2HF3O2/c1-4-8-17-13(16)15-10-12(18)9-11(15)6-5-7-14(2)3;3-2(4,5)1(6)7/h4-6,11-12,18H,1,7-10H2,2-3H3;(H,6,7)/b6-5-;/t11-,12+;/m1./s1. The second-order valence-electron chi connectivity index (χ2n) is 5.47. The first-order chi connectivity index (χ1) is 11.5. The number of aliphatic carboxylic acids is 1. The van der Waals surface area contributed by atoms with Crippen LogP contribution >= 0.6 is 12.6 Å². The van der Waals surface area contributed by atoms with Crippen molar-refractivity contribution in [3.8, 4) is 0 Å². The molecule has 144 valence electrons. The van der Waals surface area contributed by atoms with Crippen molar-refractivity contribution in [2.24, 2.45) is 0 Å². The Balaban J connectivity index is 0.000000697. The van der Waals surface area contributed by atoms with Crippen LogP contribution in [0.3, 0.4) is 0 Å². The molecule has 1 aliphatic heterocycles. The van der Waals surface area contributed by atoms with Crippen molar-refractivity contribution in [2.75, 3.05) is 33.8 Å². The van der Waals surface area contributed by atoms with E-state index >= 15 is 0 Å². The minimum atomic E-state index is -5.08. The van der Waals surface area contributed by atoms with Gasteiger partial charge in [0.15, 0.2) is 0 Å². The van der Waals surface area contributed by atoms with Crippen LogP contribution in [0.2, 0.25) is 0 Å². The predicted octanol–water partition coefficient (Wildman–Crippen LogP) is 2.43. The van der Waals surface area contributed by atoms with E-state index in [4.69, 9.17) is 14.6 Å². The molecule has 2 atom stereocenters. The van der Waals surface area contributed by atoms with Gasteiger partial charge in [-0.25, -0.2) is 9.59 Å². The zero-order valence-corrected chi connectivity index (χ0v) is 15.0. The Kier molecular flexibility index (Phi) is 10.3. The molecule has 1 heterocycles. The number of ether oxygens (including phenoxy) is 1. The molecule has 10 heteroatoms. The maximum absolute atomic E-state index is 11.8. The number of likely N-dealkylation sites (N-methyl/N-ethyl adjacent to an activating group) is 1. The summed E-state index contributed by atoms with van der Waals surface area (Å²) in [6, 6.07) is 0.0877. The van der Waals surface area contributed by atoms with Crippen LogP contribution in [0.25, 0.3) is 0 Å². The molecule has 0 bridgehead atoms. The maximum atomic E-state index is 11.8. The van der Waals surface area contributed by atoms with Gasteiger partial charge in [-0.2, -0.15) is 25.8 Å². The molecule has 0 aromatic carbocycles. The summed E-state index contributed by atoms with van der Waals surface area (Å²) in [5.41, 5.74) is 0.